The van der Waals surface area contributed by atoms with Crippen molar-refractivity contribution in [3.8, 4) is 5.69 Å². The van der Waals surface area contributed by atoms with Crippen LogP contribution in [0, 0.1) is 20.8 Å². The van der Waals surface area contributed by atoms with Gasteiger partial charge in [0, 0.05) is 18.0 Å². The molecule has 0 atom stereocenters. The number of hydrogen-bond acceptors (Lipinski definition) is 3. The second kappa shape index (κ2) is 6.73. The number of amides is 1. The summed E-state index contributed by atoms with van der Waals surface area (Å²) in [5.74, 6) is -0.515. The molecule has 5 heteroatoms. The first-order valence-electron chi connectivity index (χ1n) is 8.00. The van der Waals surface area contributed by atoms with E-state index in [2.05, 4.69) is 10.4 Å². The van der Waals surface area contributed by atoms with Gasteiger partial charge in [-0.3, -0.25) is 9.59 Å². The normalized spacial score (nSPS) is 10.5. The molecule has 0 fully saturated rings. The average molecular weight is 333 g/mol. The fourth-order valence-corrected chi connectivity index (χ4v) is 2.54. The van der Waals surface area contributed by atoms with Crippen LogP contribution in [0.4, 0.5) is 5.69 Å². The summed E-state index contributed by atoms with van der Waals surface area (Å²) in [5, 5.41) is 6.98. The van der Waals surface area contributed by atoms with Crippen molar-refractivity contribution in [2.45, 2.75) is 20.8 Å². The lowest BCUT2D eigenvalue weighted by atomic mass is 10.1. The molecule has 1 N–H and O–H groups in total. The van der Waals surface area contributed by atoms with Gasteiger partial charge in [-0.15, -0.1) is 0 Å². The van der Waals surface area contributed by atoms with Crippen LogP contribution >= 0.6 is 0 Å². The van der Waals surface area contributed by atoms with Crippen molar-refractivity contribution in [1.29, 1.82) is 0 Å². The summed E-state index contributed by atoms with van der Waals surface area (Å²) in [7, 11) is 0. The molecule has 0 saturated heterocycles. The number of carbonyl (C=O) groups is 1. The molecule has 1 heterocycles. The zero-order valence-electron chi connectivity index (χ0n) is 14.4. The largest absolute Gasteiger partial charge is 0.320 e. The Bertz CT molecular complexity index is 989. The summed E-state index contributed by atoms with van der Waals surface area (Å²) in [6.45, 7) is 5.88. The molecule has 126 valence electrons. The van der Waals surface area contributed by atoms with E-state index in [9.17, 15) is 9.59 Å². The van der Waals surface area contributed by atoms with E-state index in [0.717, 1.165) is 22.4 Å². The summed E-state index contributed by atoms with van der Waals surface area (Å²) in [5.41, 5.74) is 4.07. The van der Waals surface area contributed by atoms with Crippen molar-refractivity contribution in [3.63, 3.8) is 0 Å². The average Bonchev–Trinajstić information content (AvgIpc) is 2.58. The molecule has 2 aromatic carbocycles. The Balaban J connectivity index is 1.93. The number of benzene rings is 2. The van der Waals surface area contributed by atoms with E-state index >= 15 is 0 Å². The molecule has 0 bridgehead atoms. The maximum Gasteiger partial charge on any atom is 0.280 e. The second-order valence-electron chi connectivity index (χ2n) is 6.08. The van der Waals surface area contributed by atoms with Crippen molar-refractivity contribution in [2.75, 3.05) is 5.32 Å². The molecule has 0 spiro atoms. The zero-order chi connectivity index (χ0) is 18.0. The summed E-state index contributed by atoms with van der Waals surface area (Å²) in [6, 6.07) is 14.7. The maximum atomic E-state index is 12.5. The molecule has 3 aromatic rings. The van der Waals surface area contributed by atoms with Gasteiger partial charge < -0.3 is 5.32 Å². The molecule has 0 aliphatic rings. The van der Waals surface area contributed by atoms with Gasteiger partial charge in [0.25, 0.3) is 5.91 Å². The van der Waals surface area contributed by atoms with Crippen molar-refractivity contribution < 1.29 is 4.79 Å². The minimum Gasteiger partial charge on any atom is -0.320 e. The number of aryl methyl sites for hydroxylation is 3. The van der Waals surface area contributed by atoms with Crippen LogP contribution in [0.1, 0.15) is 27.2 Å². The second-order valence-corrected chi connectivity index (χ2v) is 6.08. The van der Waals surface area contributed by atoms with E-state index in [1.807, 2.05) is 63.2 Å². The Labute approximate surface area is 145 Å². The van der Waals surface area contributed by atoms with E-state index in [1.165, 1.54) is 10.7 Å². The Morgan fingerprint density at radius 2 is 1.64 bits per heavy atom. The lowest BCUT2D eigenvalue weighted by molar-refractivity contribution is 0.101. The van der Waals surface area contributed by atoms with E-state index in [1.54, 1.807) is 6.20 Å². The molecule has 0 aliphatic heterocycles. The zero-order valence-corrected chi connectivity index (χ0v) is 14.4. The Morgan fingerprint density at radius 3 is 2.32 bits per heavy atom. The number of carbonyl (C=O) groups excluding carboxylic acids is 1. The first-order valence-corrected chi connectivity index (χ1v) is 8.00. The van der Waals surface area contributed by atoms with E-state index in [4.69, 9.17) is 0 Å². The summed E-state index contributed by atoms with van der Waals surface area (Å²) in [6.07, 6.45) is 1.56. The molecule has 0 aliphatic carbocycles. The Kier molecular flexibility index (Phi) is 4.48. The van der Waals surface area contributed by atoms with Gasteiger partial charge in [0.05, 0.1) is 5.69 Å². The van der Waals surface area contributed by atoms with Crippen molar-refractivity contribution in [2.24, 2.45) is 0 Å². The maximum absolute atomic E-state index is 12.5. The highest BCUT2D eigenvalue weighted by Gasteiger charge is 2.14. The van der Waals surface area contributed by atoms with Gasteiger partial charge in [0.2, 0.25) is 5.43 Å². The predicted octanol–water partition coefficient (Wildman–Crippen LogP) is 3.41. The molecule has 3 rings (SSSR count). The molecule has 5 nitrogen and oxygen atoms in total. The van der Waals surface area contributed by atoms with Crippen LogP contribution < -0.4 is 10.7 Å². The number of anilines is 1. The van der Waals surface area contributed by atoms with Gasteiger partial charge >= 0.3 is 0 Å². The summed E-state index contributed by atoms with van der Waals surface area (Å²) < 4.78 is 1.53. The van der Waals surface area contributed by atoms with Crippen LogP contribution in [0.15, 0.2) is 59.5 Å². The first kappa shape index (κ1) is 16.6. The van der Waals surface area contributed by atoms with Gasteiger partial charge in [-0.1, -0.05) is 35.4 Å². The van der Waals surface area contributed by atoms with E-state index < -0.39 is 11.3 Å². The quantitative estimate of drug-likeness (QED) is 0.799. The van der Waals surface area contributed by atoms with Crippen LogP contribution in [0.5, 0.6) is 0 Å². The fraction of sp³-hybridized carbons (Fsp3) is 0.150. The summed E-state index contributed by atoms with van der Waals surface area (Å²) >= 11 is 0. The van der Waals surface area contributed by atoms with Crippen LogP contribution in [-0.2, 0) is 0 Å². The monoisotopic (exact) mass is 333 g/mol. The third kappa shape index (κ3) is 3.66. The third-order valence-corrected chi connectivity index (χ3v) is 3.95. The van der Waals surface area contributed by atoms with Crippen molar-refractivity contribution >= 4 is 11.6 Å². The first-order chi connectivity index (χ1) is 11.9. The number of hydrogen-bond donors (Lipinski definition) is 1. The van der Waals surface area contributed by atoms with Crippen LogP contribution in [0.3, 0.4) is 0 Å². The van der Waals surface area contributed by atoms with Gasteiger partial charge in [-0.2, -0.15) is 5.10 Å². The van der Waals surface area contributed by atoms with Crippen molar-refractivity contribution in [3.05, 3.63) is 87.3 Å². The van der Waals surface area contributed by atoms with Gasteiger partial charge in [-0.25, -0.2) is 4.68 Å². The fourth-order valence-electron chi connectivity index (χ4n) is 2.54. The number of nitrogens with one attached hydrogen (secondary N) is 1. The smallest absolute Gasteiger partial charge is 0.280 e. The Hall–Kier alpha value is -3.21. The Morgan fingerprint density at radius 1 is 0.960 bits per heavy atom. The lowest BCUT2D eigenvalue weighted by Crippen LogP contribution is -2.25. The predicted molar refractivity (Wildman–Crippen MR) is 98.4 cm³/mol. The van der Waals surface area contributed by atoms with Gasteiger partial charge in [0.15, 0.2) is 5.69 Å². The summed E-state index contributed by atoms with van der Waals surface area (Å²) in [4.78, 5) is 24.6. The highest BCUT2D eigenvalue weighted by molar-refractivity contribution is 6.03. The number of rotatable bonds is 3. The molecule has 1 aromatic heterocycles. The molecule has 0 unspecified atom stereocenters. The minimum atomic E-state index is -0.515. The van der Waals surface area contributed by atoms with E-state index in [0.29, 0.717) is 5.69 Å². The molecular formula is C20H19N3O2. The molecule has 0 saturated carbocycles. The topological polar surface area (TPSA) is 64.0 Å². The third-order valence-electron chi connectivity index (χ3n) is 3.95. The molecule has 1 amide bonds. The molecular weight excluding hydrogens is 314 g/mol. The molecule has 0 radical (unpaired) electrons. The number of aromatic nitrogens is 2. The highest BCUT2D eigenvalue weighted by Crippen LogP contribution is 2.16. The highest BCUT2D eigenvalue weighted by atomic mass is 16.2. The van der Waals surface area contributed by atoms with Gasteiger partial charge in [0.1, 0.15) is 0 Å². The molecule has 25 heavy (non-hydrogen) atoms. The SMILES string of the molecule is Cc1ccc(-n2ccc(=O)c(C(=O)Nc3ccc(C)cc3C)n2)cc1. The van der Waals surface area contributed by atoms with Crippen molar-refractivity contribution in [1.82, 2.24) is 9.78 Å². The standard InChI is InChI=1S/C20H19N3O2/c1-13-4-7-16(8-5-13)23-11-10-18(24)19(22-23)20(25)21-17-9-6-14(2)12-15(17)3/h4-12H,1-3H3,(H,21,25). The van der Waals surface area contributed by atoms with Crippen LogP contribution in [0.2, 0.25) is 0 Å². The minimum absolute atomic E-state index is 0.136. The van der Waals surface area contributed by atoms with Gasteiger partial charge in [-0.05, 0) is 44.5 Å². The van der Waals surface area contributed by atoms with Crippen LogP contribution in [0.25, 0.3) is 5.69 Å². The lowest BCUT2D eigenvalue weighted by Gasteiger charge is -2.10. The van der Waals surface area contributed by atoms with E-state index in [-0.39, 0.29) is 5.69 Å². The van der Waals surface area contributed by atoms with Crippen LogP contribution in [-0.4, -0.2) is 15.7 Å². The number of nitrogens with zero attached hydrogens (tertiary/aromatic N) is 2.